The van der Waals surface area contributed by atoms with Crippen LogP contribution in [0.2, 0.25) is 0 Å². The molecule has 0 aliphatic carbocycles. The lowest BCUT2D eigenvalue weighted by molar-refractivity contribution is -0.131. The molecule has 132 valence electrons. The molecule has 0 radical (unpaired) electrons. The number of ether oxygens (including phenoxy) is 2. The van der Waals surface area contributed by atoms with Crippen molar-refractivity contribution in [2.24, 2.45) is 0 Å². The number of nitrogens with zero attached hydrogens (tertiary/aromatic N) is 3. The first-order valence-corrected chi connectivity index (χ1v) is 8.58. The van der Waals surface area contributed by atoms with Gasteiger partial charge in [0, 0.05) is 39.1 Å². The van der Waals surface area contributed by atoms with Crippen LogP contribution in [0.5, 0.6) is 0 Å². The fourth-order valence-corrected chi connectivity index (χ4v) is 2.14. The summed E-state index contributed by atoms with van der Waals surface area (Å²) >= 11 is 0. The first-order chi connectivity index (χ1) is 11.2. The predicted molar refractivity (Wildman–Crippen MR) is 90.7 cm³/mol. The van der Waals surface area contributed by atoms with E-state index in [-0.39, 0.29) is 6.29 Å². The van der Waals surface area contributed by atoms with E-state index in [4.69, 9.17) is 20.0 Å². The summed E-state index contributed by atoms with van der Waals surface area (Å²) in [5, 5.41) is 20.4. The second kappa shape index (κ2) is 17.2. The van der Waals surface area contributed by atoms with Gasteiger partial charge in [0.2, 0.25) is 0 Å². The Morgan fingerprint density at radius 1 is 0.913 bits per heavy atom. The second-order valence-corrected chi connectivity index (χ2v) is 5.48. The Labute approximate surface area is 141 Å². The summed E-state index contributed by atoms with van der Waals surface area (Å²) in [7, 11) is 1.95. The van der Waals surface area contributed by atoms with E-state index in [0.717, 1.165) is 58.5 Å². The van der Waals surface area contributed by atoms with Gasteiger partial charge in [-0.05, 0) is 52.7 Å². The molecule has 0 aliphatic heterocycles. The number of unbranched alkanes of at least 4 members (excludes halogenated alkanes) is 2. The number of nitriles is 2. The van der Waals surface area contributed by atoms with Gasteiger partial charge >= 0.3 is 0 Å². The summed E-state index contributed by atoms with van der Waals surface area (Å²) < 4.78 is 11.2. The molecule has 0 aromatic carbocycles. The van der Waals surface area contributed by atoms with Crippen LogP contribution in [0.4, 0.5) is 0 Å². The quantitative estimate of drug-likeness (QED) is 0.346. The van der Waals surface area contributed by atoms with Gasteiger partial charge in [0.15, 0.2) is 6.29 Å². The van der Waals surface area contributed by atoms with E-state index in [9.17, 15) is 0 Å². The zero-order valence-corrected chi connectivity index (χ0v) is 14.7. The highest BCUT2D eigenvalue weighted by Crippen LogP contribution is 2.02. The van der Waals surface area contributed by atoms with Crippen molar-refractivity contribution in [3.8, 4) is 12.1 Å². The van der Waals surface area contributed by atoms with Crippen LogP contribution in [0.1, 0.15) is 45.4 Å². The first-order valence-electron chi connectivity index (χ1n) is 8.58. The molecule has 23 heavy (non-hydrogen) atoms. The summed E-state index contributed by atoms with van der Waals surface area (Å²) in [6.45, 7) is 6.76. The van der Waals surface area contributed by atoms with Crippen molar-refractivity contribution < 1.29 is 9.47 Å². The first kappa shape index (κ1) is 21.8. The topological polar surface area (TPSA) is 81.3 Å². The van der Waals surface area contributed by atoms with Crippen molar-refractivity contribution in [2.45, 2.75) is 51.7 Å². The van der Waals surface area contributed by atoms with Crippen LogP contribution >= 0.6 is 0 Å². The Morgan fingerprint density at radius 2 is 1.48 bits per heavy atom. The summed E-state index contributed by atoms with van der Waals surface area (Å²) in [4.78, 5) is 2.17. The van der Waals surface area contributed by atoms with Crippen LogP contribution in [0.25, 0.3) is 0 Å². The van der Waals surface area contributed by atoms with E-state index in [1.807, 2.05) is 14.0 Å². The van der Waals surface area contributed by atoms with Gasteiger partial charge in [-0.15, -0.1) is 0 Å². The molecule has 0 fully saturated rings. The molecule has 0 aliphatic rings. The highest BCUT2D eigenvalue weighted by Gasteiger charge is 2.05. The monoisotopic (exact) mass is 324 g/mol. The Balaban J connectivity index is 3.56. The zero-order chi connectivity index (χ0) is 17.2. The summed E-state index contributed by atoms with van der Waals surface area (Å²) in [5.74, 6) is 0. The average molecular weight is 324 g/mol. The van der Waals surface area contributed by atoms with Crippen LogP contribution < -0.4 is 5.32 Å². The van der Waals surface area contributed by atoms with E-state index < -0.39 is 0 Å². The molecular weight excluding hydrogens is 292 g/mol. The Bertz CT molecular complexity index is 320. The summed E-state index contributed by atoms with van der Waals surface area (Å²) in [6, 6.07) is 4.31. The zero-order valence-electron chi connectivity index (χ0n) is 14.7. The van der Waals surface area contributed by atoms with Crippen molar-refractivity contribution in [1.82, 2.24) is 10.2 Å². The Hall–Kier alpha value is -1.18. The van der Waals surface area contributed by atoms with Crippen LogP contribution in [0.3, 0.4) is 0 Å². The highest BCUT2D eigenvalue weighted by atomic mass is 16.7. The van der Waals surface area contributed by atoms with Gasteiger partial charge < -0.3 is 19.7 Å². The smallest absolute Gasteiger partial charge is 0.154 e. The van der Waals surface area contributed by atoms with Gasteiger partial charge in [0.05, 0.1) is 12.1 Å². The van der Waals surface area contributed by atoms with Gasteiger partial charge in [-0.3, -0.25) is 0 Å². The minimum atomic E-state index is -0.155. The lowest BCUT2D eigenvalue weighted by Crippen LogP contribution is -2.27. The van der Waals surface area contributed by atoms with E-state index in [1.54, 1.807) is 0 Å². The van der Waals surface area contributed by atoms with Gasteiger partial charge in [0.1, 0.15) is 0 Å². The molecule has 1 atom stereocenters. The van der Waals surface area contributed by atoms with Crippen LogP contribution in [-0.2, 0) is 9.47 Å². The van der Waals surface area contributed by atoms with Gasteiger partial charge in [0.25, 0.3) is 0 Å². The molecule has 0 rings (SSSR count). The van der Waals surface area contributed by atoms with Crippen LogP contribution in [-0.4, -0.2) is 57.6 Å². The molecule has 0 bridgehead atoms. The molecule has 1 N–H and O–H groups in total. The van der Waals surface area contributed by atoms with Gasteiger partial charge in [-0.25, -0.2) is 0 Å². The molecule has 6 heteroatoms. The molecule has 1 unspecified atom stereocenters. The molecule has 0 spiro atoms. The maximum absolute atomic E-state index is 8.65. The fraction of sp³-hybridized carbons (Fsp3) is 0.882. The van der Waals surface area contributed by atoms with Crippen molar-refractivity contribution in [3.63, 3.8) is 0 Å². The minimum Gasteiger partial charge on any atom is -0.353 e. The third-order valence-corrected chi connectivity index (χ3v) is 3.47. The maximum Gasteiger partial charge on any atom is 0.154 e. The molecule has 0 saturated carbocycles. The summed E-state index contributed by atoms with van der Waals surface area (Å²) in [5.41, 5.74) is 0. The molecule has 0 aromatic rings. The lowest BCUT2D eigenvalue weighted by Gasteiger charge is -2.20. The molecule has 6 nitrogen and oxygen atoms in total. The SMILES string of the molecule is CNCCCCOC(C)OCCCCN(CCC#N)CCC#N. The van der Waals surface area contributed by atoms with Crippen molar-refractivity contribution >= 4 is 0 Å². The number of hydrogen-bond donors (Lipinski definition) is 1. The van der Waals surface area contributed by atoms with E-state index in [2.05, 4.69) is 22.4 Å². The Kier molecular flexibility index (Phi) is 16.3. The van der Waals surface area contributed by atoms with Crippen molar-refractivity contribution in [1.29, 1.82) is 10.5 Å². The minimum absolute atomic E-state index is 0.155. The largest absolute Gasteiger partial charge is 0.353 e. The fourth-order valence-electron chi connectivity index (χ4n) is 2.14. The van der Waals surface area contributed by atoms with Crippen molar-refractivity contribution in [2.75, 3.05) is 46.4 Å². The number of nitrogens with one attached hydrogen (secondary N) is 1. The van der Waals surface area contributed by atoms with E-state index in [1.165, 1.54) is 0 Å². The Morgan fingerprint density at radius 3 is 2.00 bits per heavy atom. The van der Waals surface area contributed by atoms with Gasteiger partial charge in [-0.1, -0.05) is 0 Å². The average Bonchev–Trinajstić information content (AvgIpc) is 2.56. The maximum atomic E-state index is 8.65. The highest BCUT2D eigenvalue weighted by molar-refractivity contribution is 4.76. The van der Waals surface area contributed by atoms with Crippen LogP contribution in [0.15, 0.2) is 0 Å². The third kappa shape index (κ3) is 15.5. The summed E-state index contributed by atoms with van der Waals surface area (Å²) in [6.07, 6.45) is 5.00. The van der Waals surface area contributed by atoms with E-state index in [0.29, 0.717) is 19.4 Å². The third-order valence-electron chi connectivity index (χ3n) is 3.47. The van der Waals surface area contributed by atoms with Crippen molar-refractivity contribution in [3.05, 3.63) is 0 Å². The molecule has 0 saturated heterocycles. The van der Waals surface area contributed by atoms with E-state index >= 15 is 0 Å². The molecular formula is C17H32N4O2. The normalized spacial score (nSPS) is 12.0. The number of rotatable bonds is 16. The van der Waals surface area contributed by atoms with Gasteiger partial charge in [-0.2, -0.15) is 10.5 Å². The lowest BCUT2D eigenvalue weighted by atomic mass is 10.2. The predicted octanol–water partition coefficient (Wildman–Crippen LogP) is 2.27. The molecule has 0 aromatic heterocycles. The second-order valence-electron chi connectivity index (χ2n) is 5.48. The standard InChI is InChI=1S/C17H32N4O2/c1-17(22-15-5-3-11-20-2)23-16-6-4-12-21(13-7-9-18)14-8-10-19/h17,20H,3-8,11-16H2,1-2H3. The molecule has 0 heterocycles. The van der Waals surface area contributed by atoms with Crippen LogP contribution in [0, 0.1) is 22.7 Å². The molecule has 0 amide bonds. The number of hydrogen-bond acceptors (Lipinski definition) is 6.